The molecule has 2 aromatic rings. The molecule has 0 radical (unpaired) electrons. The van der Waals surface area contributed by atoms with Gasteiger partial charge in [0, 0.05) is 31.9 Å². The molecule has 0 aliphatic carbocycles. The summed E-state index contributed by atoms with van der Waals surface area (Å²) in [5.74, 6) is -1.68. The molecule has 0 spiro atoms. The van der Waals surface area contributed by atoms with Gasteiger partial charge in [-0.15, -0.1) is 11.3 Å². The van der Waals surface area contributed by atoms with Gasteiger partial charge in [-0.25, -0.2) is 16.8 Å². The number of carbonyl (C=O) groups excluding carboxylic acids is 2. The first kappa shape index (κ1) is 26.7. The zero-order chi connectivity index (χ0) is 25.8. The highest BCUT2D eigenvalue weighted by atomic mass is 32.2. The van der Waals surface area contributed by atoms with E-state index in [4.69, 9.17) is 9.47 Å². The van der Waals surface area contributed by atoms with Crippen LogP contribution in [0.25, 0.3) is 0 Å². The molecule has 0 unspecified atom stereocenters. The van der Waals surface area contributed by atoms with Crippen LogP contribution in [0.1, 0.15) is 12.8 Å². The maximum absolute atomic E-state index is 12.8. The van der Waals surface area contributed by atoms with Crippen LogP contribution in [0.3, 0.4) is 0 Å². The van der Waals surface area contributed by atoms with Gasteiger partial charge in [0.2, 0.25) is 10.0 Å². The highest BCUT2D eigenvalue weighted by Gasteiger charge is 2.33. The van der Waals surface area contributed by atoms with E-state index in [9.17, 15) is 26.4 Å². The molecule has 2 saturated heterocycles. The summed E-state index contributed by atoms with van der Waals surface area (Å²) in [6.45, 7) is 1.01. The van der Waals surface area contributed by atoms with Crippen molar-refractivity contribution in [3.05, 3.63) is 41.8 Å². The quantitative estimate of drug-likeness (QED) is 0.480. The summed E-state index contributed by atoms with van der Waals surface area (Å²) < 4.78 is 64.1. The average Bonchev–Trinajstić information content (AvgIpc) is 3.44. The minimum absolute atomic E-state index is 0.0449. The second-order valence-electron chi connectivity index (χ2n) is 8.31. The van der Waals surface area contributed by atoms with Crippen molar-refractivity contribution in [3.8, 4) is 0 Å². The number of carbonyl (C=O) groups is 2. The lowest BCUT2D eigenvalue weighted by molar-refractivity contribution is -0.152. The van der Waals surface area contributed by atoms with Crippen LogP contribution < -0.4 is 5.32 Å². The number of piperidine rings is 1. The highest BCUT2D eigenvalue weighted by Crippen LogP contribution is 2.27. The number of sulfonamides is 2. The Morgan fingerprint density at radius 3 is 2.33 bits per heavy atom. The summed E-state index contributed by atoms with van der Waals surface area (Å²) in [6.07, 6.45) is 0.596. The lowest BCUT2D eigenvalue weighted by Crippen LogP contribution is -2.40. The predicted octanol–water partition coefficient (Wildman–Crippen LogP) is 1.35. The minimum Gasteiger partial charge on any atom is -0.455 e. The van der Waals surface area contributed by atoms with E-state index in [1.807, 2.05) is 0 Å². The van der Waals surface area contributed by atoms with Crippen molar-refractivity contribution < 1.29 is 35.9 Å². The van der Waals surface area contributed by atoms with Crippen molar-refractivity contribution in [1.29, 1.82) is 0 Å². The largest absolute Gasteiger partial charge is 0.455 e. The van der Waals surface area contributed by atoms with Crippen LogP contribution >= 0.6 is 11.3 Å². The molecule has 0 saturated carbocycles. The highest BCUT2D eigenvalue weighted by molar-refractivity contribution is 7.91. The van der Waals surface area contributed by atoms with E-state index in [1.165, 1.54) is 26.8 Å². The molecule has 196 valence electrons. The zero-order valence-corrected chi connectivity index (χ0v) is 21.8. The summed E-state index contributed by atoms with van der Waals surface area (Å²) in [6, 6.07) is 9.09. The Kier molecular flexibility index (Phi) is 8.42. The van der Waals surface area contributed by atoms with E-state index in [0.717, 1.165) is 11.3 Å². The minimum atomic E-state index is -3.72. The Morgan fingerprint density at radius 2 is 1.67 bits per heavy atom. The summed E-state index contributed by atoms with van der Waals surface area (Å²) in [4.78, 5) is 24.8. The molecule has 4 rings (SSSR count). The van der Waals surface area contributed by atoms with E-state index in [1.54, 1.807) is 23.6 Å². The number of ether oxygens (including phenoxy) is 2. The van der Waals surface area contributed by atoms with Gasteiger partial charge >= 0.3 is 5.97 Å². The number of benzene rings is 1. The van der Waals surface area contributed by atoms with Gasteiger partial charge in [-0.2, -0.15) is 8.61 Å². The number of esters is 1. The Balaban J connectivity index is 1.26. The average molecular weight is 558 g/mol. The fraction of sp³-hybridized carbons (Fsp3) is 0.455. The SMILES string of the molecule is O=C(COC(=O)C1CCN(S(=O)(=O)c2cccs2)CC1)Nc1cccc(S(=O)(=O)N2CCOCC2)c1. The molecule has 36 heavy (non-hydrogen) atoms. The Morgan fingerprint density at radius 1 is 0.972 bits per heavy atom. The maximum atomic E-state index is 12.8. The monoisotopic (exact) mass is 557 g/mol. The van der Waals surface area contributed by atoms with Crippen LogP contribution in [0.15, 0.2) is 50.9 Å². The van der Waals surface area contributed by atoms with Gasteiger partial charge in [-0.3, -0.25) is 9.59 Å². The van der Waals surface area contributed by atoms with Crippen molar-refractivity contribution in [2.75, 3.05) is 51.3 Å². The number of anilines is 1. The number of hydrogen-bond acceptors (Lipinski definition) is 9. The second-order valence-corrected chi connectivity index (χ2v) is 13.4. The number of nitrogens with one attached hydrogen (secondary N) is 1. The van der Waals surface area contributed by atoms with Gasteiger partial charge in [0.15, 0.2) is 6.61 Å². The van der Waals surface area contributed by atoms with E-state index < -0.39 is 44.4 Å². The molecule has 1 aromatic heterocycles. The molecule has 11 nitrogen and oxygen atoms in total. The van der Waals surface area contributed by atoms with Gasteiger partial charge in [0.1, 0.15) is 4.21 Å². The van der Waals surface area contributed by atoms with E-state index in [-0.39, 0.29) is 41.0 Å². The molecular weight excluding hydrogens is 530 g/mol. The summed E-state index contributed by atoms with van der Waals surface area (Å²) in [5.41, 5.74) is 0.262. The lowest BCUT2D eigenvalue weighted by atomic mass is 9.98. The first-order valence-electron chi connectivity index (χ1n) is 11.4. The molecule has 3 heterocycles. The lowest BCUT2D eigenvalue weighted by Gasteiger charge is -2.29. The van der Waals surface area contributed by atoms with Gasteiger partial charge in [-0.1, -0.05) is 12.1 Å². The molecule has 2 aliphatic rings. The van der Waals surface area contributed by atoms with Crippen LogP contribution in [0.4, 0.5) is 5.69 Å². The van der Waals surface area contributed by atoms with Gasteiger partial charge < -0.3 is 14.8 Å². The normalized spacial score (nSPS) is 18.6. The first-order valence-corrected chi connectivity index (χ1v) is 15.1. The summed E-state index contributed by atoms with van der Waals surface area (Å²) >= 11 is 1.15. The maximum Gasteiger partial charge on any atom is 0.309 e. The van der Waals surface area contributed by atoms with Gasteiger partial charge in [-0.05, 0) is 42.5 Å². The summed E-state index contributed by atoms with van der Waals surface area (Å²) in [5, 5.41) is 4.24. The second kappa shape index (κ2) is 11.4. The molecule has 2 aliphatic heterocycles. The number of morpholine rings is 1. The molecule has 1 aromatic carbocycles. The molecule has 1 N–H and O–H groups in total. The van der Waals surface area contributed by atoms with Crippen LogP contribution in [0.5, 0.6) is 0 Å². The van der Waals surface area contributed by atoms with Crippen molar-refractivity contribution in [1.82, 2.24) is 8.61 Å². The Bertz CT molecular complexity index is 1280. The third-order valence-corrected chi connectivity index (χ3v) is 11.1. The fourth-order valence-electron chi connectivity index (χ4n) is 3.99. The molecule has 14 heteroatoms. The third-order valence-electron chi connectivity index (χ3n) is 5.95. The van der Waals surface area contributed by atoms with E-state index in [0.29, 0.717) is 26.1 Å². The number of nitrogens with zero attached hydrogens (tertiary/aromatic N) is 2. The van der Waals surface area contributed by atoms with E-state index >= 15 is 0 Å². The standard InChI is InChI=1S/C22H27N3O8S3/c26-20(23-18-3-1-4-19(15-18)35(28,29)25-10-12-32-13-11-25)16-33-22(27)17-6-8-24(9-7-17)36(30,31)21-5-2-14-34-21/h1-5,14-15,17H,6-13,16H2,(H,23,26). The smallest absolute Gasteiger partial charge is 0.309 e. The molecular formula is C22H27N3O8S3. The number of hydrogen-bond donors (Lipinski definition) is 1. The fourth-order valence-corrected chi connectivity index (χ4v) is 8.06. The van der Waals surface area contributed by atoms with Crippen molar-refractivity contribution in [2.45, 2.75) is 21.9 Å². The third kappa shape index (κ3) is 6.12. The topological polar surface area (TPSA) is 139 Å². The van der Waals surface area contributed by atoms with Crippen LogP contribution in [-0.4, -0.2) is 83.3 Å². The molecule has 0 bridgehead atoms. The zero-order valence-electron chi connectivity index (χ0n) is 19.4. The van der Waals surface area contributed by atoms with Crippen molar-refractivity contribution >= 4 is 48.9 Å². The molecule has 1 amide bonds. The number of rotatable bonds is 8. The van der Waals surface area contributed by atoms with Crippen LogP contribution in [0.2, 0.25) is 0 Å². The predicted molar refractivity (Wildman–Crippen MR) is 131 cm³/mol. The van der Waals surface area contributed by atoms with Crippen molar-refractivity contribution in [2.24, 2.45) is 5.92 Å². The van der Waals surface area contributed by atoms with Crippen molar-refractivity contribution in [3.63, 3.8) is 0 Å². The molecule has 2 fully saturated rings. The van der Waals surface area contributed by atoms with Crippen LogP contribution in [-0.2, 0) is 39.1 Å². The number of thiophene rings is 1. The number of amides is 1. The Labute approximate surface area is 214 Å². The molecule has 0 atom stereocenters. The van der Waals surface area contributed by atoms with Gasteiger partial charge in [0.25, 0.3) is 15.9 Å². The Hall–Kier alpha value is -2.36. The first-order chi connectivity index (χ1) is 17.2. The van der Waals surface area contributed by atoms with Crippen LogP contribution in [0, 0.1) is 5.92 Å². The summed E-state index contributed by atoms with van der Waals surface area (Å²) in [7, 11) is -7.29. The van der Waals surface area contributed by atoms with E-state index in [2.05, 4.69) is 5.32 Å². The van der Waals surface area contributed by atoms with Gasteiger partial charge in [0.05, 0.1) is 24.0 Å².